The molecule has 0 bridgehead atoms. The van der Waals surface area contributed by atoms with Crippen LogP contribution < -0.4 is 15.8 Å². The number of nitrogens with zero attached hydrogens (tertiary/aromatic N) is 1. The highest BCUT2D eigenvalue weighted by molar-refractivity contribution is 7.89. The van der Waals surface area contributed by atoms with Crippen molar-refractivity contribution in [1.29, 1.82) is 0 Å². The number of carbonyl (C=O) groups is 1. The van der Waals surface area contributed by atoms with Crippen LogP contribution in [-0.2, 0) is 10.0 Å². The zero-order chi connectivity index (χ0) is 17.2. The Morgan fingerprint density at radius 2 is 2.17 bits per heavy atom. The van der Waals surface area contributed by atoms with Gasteiger partial charge in [-0.1, -0.05) is 0 Å². The SMILES string of the molecule is Cc1c(C(=O)N[C@H]2CCCNC2)cc(S(N)(=O)=O)cc1[N+](=O)[O-]. The zero-order valence-corrected chi connectivity index (χ0v) is 13.4. The molecule has 9 nitrogen and oxygen atoms in total. The molecule has 0 saturated carbocycles. The monoisotopic (exact) mass is 342 g/mol. The number of sulfonamides is 1. The average Bonchev–Trinajstić information content (AvgIpc) is 2.46. The molecule has 0 unspecified atom stereocenters. The second-order valence-corrected chi connectivity index (χ2v) is 7.00. The molecule has 1 heterocycles. The molecule has 1 atom stereocenters. The predicted octanol–water partition coefficient (Wildman–Crippen LogP) is 0.0324. The number of hydrogen-bond acceptors (Lipinski definition) is 6. The second kappa shape index (κ2) is 6.60. The molecule has 1 aliphatic rings. The Kier molecular flexibility index (Phi) is 4.97. The largest absolute Gasteiger partial charge is 0.348 e. The van der Waals surface area contributed by atoms with Crippen molar-refractivity contribution < 1.29 is 18.1 Å². The van der Waals surface area contributed by atoms with E-state index in [-0.39, 0.29) is 17.2 Å². The van der Waals surface area contributed by atoms with E-state index in [0.717, 1.165) is 31.5 Å². The molecule has 1 aromatic carbocycles. The van der Waals surface area contributed by atoms with Crippen molar-refractivity contribution in [1.82, 2.24) is 10.6 Å². The molecule has 0 radical (unpaired) electrons. The summed E-state index contributed by atoms with van der Waals surface area (Å²) in [7, 11) is -4.16. The number of nitrogens with one attached hydrogen (secondary N) is 2. The van der Waals surface area contributed by atoms with Crippen molar-refractivity contribution in [3.63, 3.8) is 0 Å². The molecular formula is C13H18N4O5S. The Morgan fingerprint density at radius 3 is 2.70 bits per heavy atom. The quantitative estimate of drug-likeness (QED) is 0.520. The first kappa shape index (κ1) is 17.3. The smallest absolute Gasteiger partial charge is 0.274 e. The number of nitro groups is 1. The zero-order valence-electron chi connectivity index (χ0n) is 12.5. The molecule has 1 fully saturated rings. The van der Waals surface area contributed by atoms with Gasteiger partial charge in [-0.25, -0.2) is 13.6 Å². The van der Waals surface area contributed by atoms with Gasteiger partial charge in [-0.2, -0.15) is 0 Å². The van der Waals surface area contributed by atoms with E-state index in [2.05, 4.69) is 10.6 Å². The van der Waals surface area contributed by atoms with Gasteiger partial charge in [0.15, 0.2) is 0 Å². The summed E-state index contributed by atoms with van der Waals surface area (Å²) in [5.74, 6) is -0.551. The molecule has 0 spiro atoms. The number of nitrogens with two attached hydrogens (primary N) is 1. The minimum Gasteiger partial charge on any atom is -0.348 e. The van der Waals surface area contributed by atoms with Gasteiger partial charge >= 0.3 is 0 Å². The Morgan fingerprint density at radius 1 is 1.48 bits per heavy atom. The lowest BCUT2D eigenvalue weighted by atomic mass is 10.0. The highest BCUT2D eigenvalue weighted by atomic mass is 32.2. The number of piperidine rings is 1. The van der Waals surface area contributed by atoms with Crippen LogP contribution in [0.25, 0.3) is 0 Å². The highest BCUT2D eigenvalue weighted by Gasteiger charge is 2.25. The fraction of sp³-hybridized carbons (Fsp3) is 0.462. The van der Waals surface area contributed by atoms with Gasteiger partial charge in [-0.3, -0.25) is 14.9 Å². The van der Waals surface area contributed by atoms with Crippen molar-refractivity contribution >= 4 is 21.6 Å². The number of nitro benzene ring substituents is 1. The molecule has 10 heteroatoms. The minimum atomic E-state index is -4.16. The first-order chi connectivity index (χ1) is 10.7. The van der Waals surface area contributed by atoms with E-state index in [9.17, 15) is 23.3 Å². The van der Waals surface area contributed by atoms with Crippen LogP contribution in [0.1, 0.15) is 28.8 Å². The van der Waals surface area contributed by atoms with Crippen molar-refractivity contribution in [3.05, 3.63) is 33.4 Å². The van der Waals surface area contributed by atoms with E-state index in [1.165, 1.54) is 6.92 Å². The topological polar surface area (TPSA) is 144 Å². The predicted molar refractivity (Wildman–Crippen MR) is 82.6 cm³/mol. The van der Waals surface area contributed by atoms with Gasteiger partial charge in [0.1, 0.15) is 0 Å². The number of hydrogen-bond donors (Lipinski definition) is 3. The fourth-order valence-electron chi connectivity index (χ4n) is 2.50. The van der Waals surface area contributed by atoms with Crippen LogP contribution in [0.5, 0.6) is 0 Å². The summed E-state index contributed by atoms with van der Waals surface area (Å²) in [5.41, 5.74) is -0.416. The number of primary sulfonamides is 1. The number of rotatable bonds is 4. The Balaban J connectivity index is 2.41. The number of benzene rings is 1. The maximum absolute atomic E-state index is 12.4. The van der Waals surface area contributed by atoms with Gasteiger partial charge in [0, 0.05) is 24.2 Å². The Hall–Kier alpha value is -2.04. The van der Waals surface area contributed by atoms with Crippen molar-refractivity contribution in [2.45, 2.75) is 30.7 Å². The summed E-state index contributed by atoms with van der Waals surface area (Å²) in [5, 5.41) is 22.0. The standard InChI is InChI=1S/C13H18N4O5S/c1-8-11(13(18)16-9-3-2-4-15-7-9)5-10(23(14,21)22)6-12(8)17(19)20/h5-6,9,15H,2-4,7H2,1H3,(H,16,18)(H2,14,21,22)/t9-/m0/s1. The average molecular weight is 342 g/mol. The van der Waals surface area contributed by atoms with Gasteiger partial charge in [0.25, 0.3) is 11.6 Å². The molecule has 1 aliphatic heterocycles. The van der Waals surface area contributed by atoms with E-state index < -0.39 is 31.4 Å². The Labute approximate surface area is 133 Å². The molecule has 126 valence electrons. The lowest BCUT2D eigenvalue weighted by Gasteiger charge is -2.24. The lowest BCUT2D eigenvalue weighted by Crippen LogP contribution is -2.45. The van der Waals surface area contributed by atoms with Gasteiger partial charge in [0.2, 0.25) is 10.0 Å². The normalized spacial score (nSPS) is 18.4. The minimum absolute atomic E-state index is 0.0613. The van der Waals surface area contributed by atoms with Crippen molar-refractivity contribution in [3.8, 4) is 0 Å². The molecule has 1 saturated heterocycles. The summed E-state index contributed by atoms with van der Waals surface area (Å²) in [4.78, 5) is 22.3. The second-order valence-electron chi connectivity index (χ2n) is 5.43. The molecule has 1 amide bonds. The Bertz CT molecular complexity index is 741. The van der Waals surface area contributed by atoms with Crippen LogP contribution in [0.2, 0.25) is 0 Å². The van der Waals surface area contributed by atoms with Gasteiger partial charge < -0.3 is 10.6 Å². The van der Waals surface area contributed by atoms with Crippen LogP contribution in [0, 0.1) is 17.0 Å². The fourth-order valence-corrected chi connectivity index (χ4v) is 3.06. The maximum Gasteiger partial charge on any atom is 0.274 e. The van der Waals surface area contributed by atoms with Gasteiger partial charge in [0.05, 0.1) is 15.4 Å². The lowest BCUT2D eigenvalue weighted by molar-refractivity contribution is -0.385. The maximum atomic E-state index is 12.4. The van der Waals surface area contributed by atoms with E-state index in [4.69, 9.17) is 5.14 Å². The molecule has 2 rings (SSSR count). The first-order valence-electron chi connectivity index (χ1n) is 7.03. The molecule has 0 aliphatic carbocycles. The molecule has 0 aromatic heterocycles. The van der Waals surface area contributed by atoms with Crippen LogP contribution >= 0.6 is 0 Å². The third-order valence-electron chi connectivity index (χ3n) is 3.76. The number of amides is 1. The summed E-state index contributed by atoms with van der Waals surface area (Å²) in [6.45, 7) is 2.87. The van der Waals surface area contributed by atoms with Crippen LogP contribution in [0.4, 0.5) is 5.69 Å². The number of carbonyl (C=O) groups excluding carboxylic acids is 1. The molecule has 23 heavy (non-hydrogen) atoms. The summed E-state index contributed by atoms with van der Waals surface area (Å²) < 4.78 is 23.0. The van der Waals surface area contributed by atoms with Crippen molar-refractivity contribution in [2.24, 2.45) is 5.14 Å². The van der Waals surface area contributed by atoms with Gasteiger partial charge in [-0.05, 0) is 32.4 Å². The van der Waals surface area contributed by atoms with E-state index >= 15 is 0 Å². The molecular weight excluding hydrogens is 324 g/mol. The van der Waals surface area contributed by atoms with E-state index in [0.29, 0.717) is 6.54 Å². The summed E-state index contributed by atoms with van der Waals surface area (Å²) in [6, 6.07) is 1.83. The first-order valence-corrected chi connectivity index (χ1v) is 8.58. The van der Waals surface area contributed by atoms with Crippen LogP contribution in [-0.4, -0.2) is 38.4 Å². The summed E-state index contributed by atoms with van der Waals surface area (Å²) >= 11 is 0. The van der Waals surface area contributed by atoms with Crippen LogP contribution in [0.15, 0.2) is 17.0 Å². The molecule has 4 N–H and O–H groups in total. The van der Waals surface area contributed by atoms with Gasteiger partial charge in [-0.15, -0.1) is 0 Å². The third-order valence-corrected chi connectivity index (χ3v) is 4.65. The highest BCUT2D eigenvalue weighted by Crippen LogP contribution is 2.26. The van der Waals surface area contributed by atoms with Crippen LogP contribution in [0.3, 0.4) is 0 Å². The molecule has 1 aromatic rings. The van der Waals surface area contributed by atoms with Crippen molar-refractivity contribution in [2.75, 3.05) is 13.1 Å². The third kappa shape index (κ3) is 4.03. The van der Waals surface area contributed by atoms with E-state index in [1.54, 1.807) is 0 Å². The summed E-state index contributed by atoms with van der Waals surface area (Å²) in [6.07, 6.45) is 1.69. The van der Waals surface area contributed by atoms with E-state index in [1.807, 2.05) is 0 Å².